The average molecular weight is 685 g/mol. The number of methoxy groups -OCH3 is 2. The standard InChI is InChI=1S/C31H36Cl3N3O6S/c1-7-26(30(39)35-31(2,3)4)36(18-20-8-14-24(33)25(34)16-20)29(38)19-37(22-11-9-21(32)10-12-22)44(40,41)23-13-15-27(42-5)28(17-23)43-6/h8-17,26H,7,18-19H2,1-6H3,(H,35,39)/t26-/m1/s1. The van der Waals surface area contributed by atoms with Crippen molar-refractivity contribution in [2.45, 2.75) is 57.1 Å². The highest BCUT2D eigenvalue weighted by atomic mass is 35.5. The number of anilines is 1. The maximum atomic E-state index is 14.2. The van der Waals surface area contributed by atoms with Gasteiger partial charge in [-0.25, -0.2) is 8.42 Å². The number of hydrogen-bond acceptors (Lipinski definition) is 6. The lowest BCUT2D eigenvalue weighted by molar-refractivity contribution is -0.141. The number of hydrogen-bond donors (Lipinski definition) is 1. The van der Waals surface area contributed by atoms with Crippen LogP contribution in [-0.4, -0.2) is 57.5 Å². The fraction of sp³-hybridized carbons (Fsp3) is 0.355. The van der Waals surface area contributed by atoms with Crippen molar-refractivity contribution in [1.29, 1.82) is 0 Å². The van der Waals surface area contributed by atoms with E-state index in [0.717, 1.165) is 4.31 Å². The lowest BCUT2D eigenvalue weighted by Crippen LogP contribution is -2.55. The van der Waals surface area contributed by atoms with E-state index in [1.807, 2.05) is 20.8 Å². The van der Waals surface area contributed by atoms with Crippen LogP contribution >= 0.6 is 34.8 Å². The highest BCUT2D eigenvalue weighted by molar-refractivity contribution is 7.92. The average Bonchev–Trinajstić information content (AvgIpc) is 2.96. The zero-order valence-corrected chi connectivity index (χ0v) is 28.4. The van der Waals surface area contributed by atoms with Gasteiger partial charge in [0.1, 0.15) is 12.6 Å². The van der Waals surface area contributed by atoms with Gasteiger partial charge in [-0.1, -0.05) is 47.8 Å². The first-order valence-corrected chi connectivity index (χ1v) is 16.2. The lowest BCUT2D eigenvalue weighted by Gasteiger charge is -2.35. The van der Waals surface area contributed by atoms with Gasteiger partial charge in [-0.3, -0.25) is 13.9 Å². The molecule has 3 aromatic carbocycles. The van der Waals surface area contributed by atoms with Crippen LogP contribution in [0.4, 0.5) is 5.69 Å². The smallest absolute Gasteiger partial charge is 0.264 e. The number of halogens is 3. The number of sulfonamides is 1. The molecule has 3 aromatic rings. The molecule has 238 valence electrons. The number of amides is 2. The van der Waals surface area contributed by atoms with Crippen molar-refractivity contribution < 1.29 is 27.5 Å². The van der Waals surface area contributed by atoms with Gasteiger partial charge in [-0.2, -0.15) is 0 Å². The van der Waals surface area contributed by atoms with E-state index in [-0.39, 0.29) is 40.2 Å². The minimum atomic E-state index is -4.35. The Hall–Kier alpha value is -3.18. The van der Waals surface area contributed by atoms with Crippen molar-refractivity contribution in [3.8, 4) is 11.5 Å². The molecule has 1 N–H and O–H groups in total. The maximum Gasteiger partial charge on any atom is 0.264 e. The number of carbonyl (C=O) groups excluding carboxylic acids is 2. The van der Waals surface area contributed by atoms with Gasteiger partial charge >= 0.3 is 0 Å². The van der Waals surface area contributed by atoms with E-state index in [1.165, 1.54) is 61.6 Å². The Morgan fingerprint density at radius 3 is 2.07 bits per heavy atom. The van der Waals surface area contributed by atoms with Gasteiger partial charge < -0.3 is 19.7 Å². The summed E-state index contributed by atoms with van der Waals surface area (Å²) in [5.74, 6) is -0.466. The largest absolute Gasteiger partial charge is 0.493 e. The van der Waals surface area contributed by atoms with E-state index in [2.05, 4.69) is 5.32 Å². The minimum absolute atomic E-state index is 0.0311. The molecule has 0 bridgehead atoms. The highest BCUT2D eigenvalue weighted by Crippen LogP contribution is 2.33. The van der Waals surface area contributed by atoms with Gasteiger partial charge in [0.05, 0.1) is 34.8 Å². The molecule has 44 heavy (non-hydrogen) atoms. The van der Waals surface area contributed by atoms with E-state index < -0.39 is 34.1 Å². The number of rotatable bonds is 12. The number of nitrogens with one attached hydrogen (secondary N) is 1. The number of carbonyl (C=O) groups is 2. The summed E-state index contributed by atoms with van der Waals surface area (Å²) in [6.45, 7) is 6.62. The zero-order valence-electron chi connectivity index (χ0n) is 25.4. The van der Waals surface area contributed by atoms with Gasteiger partial charge in [0.15, 0.2) is 11.5 Å². The molecular weight excluding hydrogens is 649 g/mol. The molecule has 0 radical (unpaired) electrons. The molecule has 13 heteroatoms. The second-order valence-electron chi connectivity index (χ2n) is 10.9. The van der Waals surface area contributed by atoms with Crippen molar-refractivity contribution in [3.05, 3.63) is 81.3 Å². The van der Waals surface area contributed by atoms with Gasteiger partial charge in [0.25, 0.3) is 10.0 Å². The maximum absolute atomic E-state index is 14.2. The molecule has 1 atom stereocenters. The van der Waals surface area contributed by atoms with E-state index >= 15 is 0 Å². The molecule has 0 aliphatic heterocycles. The van der Waals surface area contributed by atoms with E-state index in [4.69, 9.17) is 44.3 Å². The Morgan fingerprint density at radius 1 is 0.886 bits per heavy atom. The molecule has 0 aliphatic carbocycles. The predicted octanol–water partition coefficient (Wildman–Crippen LogP) is 6.58. The molecule has 0 aliphatic rings. The number of nitrogens with zero attached hydrogens (tertiary/aromatic N) is 2. The topological polar surface area (TPSA) is 105 Å². The molecule has 0 unspecified atom stereocenters. The SMILES string of the molecule is CC[C@H](C(=O)NC(C)(C)C)N(Cc1ccc(Cl)c(Cl)c1)C(=O)CN(c1ccc(Cl)cc1)S(=O)(=O)c1ccc(OC)c(OC)c1. The summed E-state index contributed by atoms with van der Waals surface area (Å²) in [6, 6.07) is 14.2. The third kappa shape index (κ3) is 8.72. The van der Waals surface area contributed by atoms with Crippen LogP contribution in [0.1, 0.15) is 39.7 Å². The van der Waals surface area contributed by atoms with E-state index in [9.17, 15) is 18.0 Å². The Kier molecular flexibility index (Phi) is 11.8. The van der Waals surface area contributed by atoms with Crippen molar-refractivity contribution >= 4 is 62.3 Å². The van der Waals surface area contributed by atoms with Crippen LogP contribution in [0, 0.1) is 0 Å². The van der Waals surface area contributed by atoms with Crippen molar-refractivity contribution in [1.82, 2.24) is 10.2 Å². The Bertz CT molecular complexity index is 1590. The van der Waals surface area contributed by atoms with Gasteiger partial charge in [-0.05, 0) is 81.3 Å². The van der Waals surface area contributed by atoms with Crippen LogP contribution in [0.3, 0.4) is 0 Å². The fourth-order valence-electron chi connectivity index (χ4n) is 4.45. The van der Waals surface area contributed by atoms with Crippen LogP contribution in [-0.2, 0) is 26.2 Å². The van der Waals surface area contributed by atoms with Crippen LogP contribution in [0.2, 0.25) is 15.1 Å². The van der Waals surface area contributed by atoms with Crippen molar-refractivity contribution in [3.63, 3.8) is 0 Å². The summed E-state index contributed by atoms with van der Waals surface area (Å²) < 4.78 is 39.9. The van der Waals surface area contributed by atoms with Crippen molar-refractivity contribution in [2.75, 3.05) is 25.1 Å². The second kappa shape index (κ2) is 14.7. The third-order valence-corrected chi connectivity index (χ3v) is 9.32. The molecule has 9 nitrogen and oxygen atoms in total. The monoisotopic (exact) mass is 683 g/mol. The molecule has 0 aromatic heterocycles. The van der Waals surface area contributed by atoms with E-state index in [0.29, 0.717) is 21.4 Å². The summed E-state index contributed by atoms with van der Waals surface area (Å²) in [5.41, 5.74) is 0.226. The number of benzene rings is 3. The predicted molar refractivity (Wildman–Crippen MR) is 175 cm³/mol. The second-order valence-corrected chi connectivity index (χ2v) is 14.1. The molecule has 0 saturated carbocycles. The molecule has 3 rings (SSSR count). The van der Waals surface area contributed by atoms with Crippen molar-refractivity contribution in [2.24, 2.45) is 0 Å². The molecule has 0 heterocycles. The zero-order chi connectivity index (χ0) is 32.8. The first-order chi connectivity index (χ1) is 20.6. The summed E-state index contributed by atoms with van der Waals surface area (Å²) in [7, 11) is -1.52. The van der Waals surface area contributed by atoms with Crippen LogP contribution in [0.5, 0.6) is 11.5 Å². The summed E-state index contributed by atoms with van der Waals surface area (Å²) in [5, 5.41) is 3.93. The summed E-state index contributed by atoms with van der Waals surface area (Å²) >= 11 is 18.5. The van der Waals surface area contributed by atoms with E-state index in [1.54, 1.807) is 25.1 Å². The first-order valence-electron chi connectivity index (χ1n) is 13.7. The number of ether oxygens (including phenoxy) is 2. The normalized spacial score (nSPS) is 12.3. The fourth-order valence-corrected chi connectivity index (χ4v) is 6.32. The Labute approximate surface area is 274 Å². The first kappa shape index (κ1) is 35.3. The molecule has 2 amide bonds. The van der Waals surface area contributed by atoms with Crippen LogP contribution in [0.15, 0.2) is 65.6 Å². The van der Waals surface area contributed by atoms with Gasteiger partial charge in [0, 0.05) is 23.2 Å². The minimum Gasteiger partial charge on any atom is -0.493 e. The molecule has 0 spiro atoms. The Balaban J connectivity index is 2.12. The lowest BCUT2D eigenvalue weighted by atomic mass is 10.1. The molecule has 0 saturated heterocycles. The summed E-state index contributed by atoms with van der Waals surface area (Å²) in [6.07, 6.45) is 0.262. The molecular formula is C31H36Cl3N3O6S. The Morgan fingerprint density at radius 2 is 1.52 bits per heavy atom. The van der Waals surface area contributed by atoms with Gasteiger partial charge in [-0.15, -0.1) is 0 Å². The van der Waals surface area contributed by atoms with Crippen LogP contribution in [0.25, 0.3) is 0 Å². The summed E-state index contributed by atoms with van der Waals surface area (Å²) in [4.78, 5) is 28.9. The third-order valence-electron chi connectivity index (χ3n) is 6.56. The highest BCUT2D eigenvalue weighted by Gasteiger charge is 2.35. The molecule has 0 fully saturated rings. The van der Waals surface area contributed by atoms with Crippen LogP contribution < -0.4 is 19.1 Å². The quantitative estimate of drug-likeness (QED) is 0.231. The van der Waals surface area contributed by atoms with Gasteiger partial charge in [0.2, 0.25) is 11.8 Å².